The molecule has 0 unspecified atom stereocenters. The van der Waals surface area contributed by atoms with Crippen LogP contribution < -0.4 is 16.0 Å². The maximum atomic E-state index is 14.3. The zero-order valence-electron chi connectivity index (χ0n) is 18.5. The van der Waals surface area contributed by atoms with Gasteiger partial charge in [0.05, 0.1) is 23.9 Å². The van der Waals surface area contributed by atoms with Crippen molar-refractivity contribution in [3.63, 3.8) is 0 Å². The highest BCUT2D eigenvalue weighted by Gasteiger charge is 2.20. The summed E-state index contributed by atoms with van der Waals surface area (Å²) in [7, 11) is 3.45. The zero-order valence-corrected chi connectivity index (χ0v) is 18.5. The van der Waals surface area contributed by atoms with Crippen LogP contribution in [0.2, 0.25) is 0 Å². The molecule has 0 saturated heterocycles. The van der Waals surface area contributed by atoms with E-state index in [1.165, 1.54) is 12.1 Å². The number of nitrogen functional groups attached to an aromatic ring is 1. The maximum Gasteiger partial charge on any atom is 0.227 e. The molecule has 1 aromatic carbocycles. The van der Waals surface area contributed by atoms with Gasteiger partial charge < -0.3 is 20.7 Å². The SMILES string of the molecule is COCCN(C)c1nc(N[C@@H](C)c2ccc(F)cc2F)cc(-c2c(N)nn3cccnc23)n1. The molecule has 11 heteroatoms. The first-order valence-electron chi connectivity index (χ1n) is 10.3. The van der Waals surface area contributed by atoms with Crippen LogP contribution in [-0.2, 0) is 4.74 Å². The average Bonchev–Trinajstić information content (AvgIpc) is 3.12. The molecule has 0 aliphatic heterocycles. The van der Waals surface area contributed by atoms with Crippen LogP contribution in [0.1, 0.15) is 18.5 Å². The number of aromatic nitrogens is 5. The number of benzene rings is 1. The Morgan fingerprint density at radius 1 is 1.24 bits per heavy atom. The van der Waals surface area contributed by atoms with E-state index in [4.69, 9.17) is 10.5 Å². The van der Waals surface area contributed by atoms with E-state index in [1.807, 2.05) is 11.9 Å². The normalized spacial score (nSPS) is 12.2. The molecule has 3 heterocycles. The maximum absolute atomic E-state index is 14.3. The van der Waals surface area contributed by atoms with Gasteiger partial charge in [0, 0.05) is 50.8 Å². The number of likely N-dealkylation sites (N-methyl/N-ethyl adjacent to an activating group) is 1. The number of hydrogen-bond acceptors (Lipinski definition) is 8. The van der Waals surface area contributed by atoms with E-state index >= 15 is 0 Å². The summed E-state index contributed by atoms with van der Waals surface area (Å²) in [4.78, 5) is 15.5. The summed E-state index contributed by atoms with van der Waals surface area (Å²) in [6.07, 6.45) is 3.39. The van der Waals surface area contributed by atoms with Crippen LogP contribution in [0.3, 0.4) is 0 Å². The Hall–Kier alpha value is -3.86. The lowest BCUT2D eigenvalue weighted by atomic mass is 10.1. The molecule has 0 radical (unpaired) electrons. The van der Waals surface area contributed by atoms with E-state index < -0.39 is 17.7 Å². The molecule has 33 heavy (non-hydrogen) atoms. The number of nitrogens with one attached hydrogen (secondary N) is 1. The number of fused-ring (bicyclic) bond motifs is 1. The van der Waals surface area contributed by atoms with Crippen molar-refractivity contribution in [2.45, 2.75) is 13.0 Å². The van der Waals surface area contributed by atoms with Gasteiger partial charge >= 0.3 is 0 Å². The van der Waals surface area contributed by atoms with Crippen molar-refractivity contribution in [1.82, 2.24) is 24.6 Å². The van der Waals surface area contributed by atoms with Crippen molar-refractivity contribution in [2.24, 2.45) is 0 Å². The van der Waals surface area contributed by atoms with Crippen molar-refractivity contribution in [3.05, 3.63) is 59.9 Å². The lowest BCUT2D eigenvalue weighted by molar-refractivity contribution is 0.206. The number of methoxy groups -OCH3 is 1. The third-order valence-corrected chi connectivity index (χ3v) is 5.16. The summed E-state index contributed by atoms with van der Waals surface area (Å²) in [5.41, 5.74) is 8.11. The van der Waals surface area contributed by atoms with Crippen LogP contribution in [0.25, 0.3) is 16.9 Å². The molecular formula is C22H24F2N8O. The Balaban J connectivity index is 1.77. The molecule has 3 aromatic heterocycles. The van der Waals surface area contributed by atoms with Gasteiger partial charge in [0.25, 0.3) is 0 Å². The minimum absolute atomic E-state index is 0.265. The van der Waals surface area contributed by atoms with Crippen LogP contribution in [0, 0.1) is 11.6 Å². The second-order valence-corrected chi connectivity index (χ2v) is 7.53. The van der Waals surface area contributed by atoms with E-state index in [0.29, 0.717) is 47.4 Å². The van der Waals surface area contributed by atoms with Gasteiger partial charge in [0.2, 0.25) is 5.95 Å². The number of ether oxygens (including phenoxy) is 1. The molecule has 0 amide bonds. The fourth-order valence-electron chi connectivity index (χ4n) is 3.44. The van der Waals surface area contributed by atoms with Crippen LogP contribution in [0.4, 0.5) is 26.4 Å². The zero-order chi connectivity index (χ0) is 23.5. The highest BCUT2D eigenvalue weighted by atomic mass is 19.1. The molecule has 3 N–H and O–H groups in total. The van der Waals surface area contributed by atoms with Crippen molar-refractivity contribution >= 4 is 23.2 Å². The second kappa shape index (κ2) is 9.33. The summed E-state index contributed by atoms with van der Waals surface area (Å²) in [6.45, 7) is 2.78. The molecule has 9 nitrogen and oxygen atoms in total. The molecule has 0 fully saturated rings. The lowest BCUT2D eigenvalue weighted by Crippen LogP contribution is -2.25. The molecule has 0 bridgehead atoms. The summed E-state index contributed by atoms with van der Waals surface area (Å²) < 4.78 is 34.4. The number of nitrogens with two attached hydrogens (primary N) is 1. The van der Waals surface area contributed by atoms with E-state index in [-0.39, 0.29) is 5.82 Å². The predicted molar refractivity (Wildman–Crippen MR) is 122 cm³/mol. The van der Waals surface area contributed by atoms with Gasteiger partial charge in [0.1, 0.15) is 17.5 Å². The molecular weight excluding hydrogens is 430 g/mol. The van der Waals surface area contributed by atoms with Gasteiger partial charge in [-0.25, -0.2) is 23.3 Å². The summed E-state index contributed by atoms with van der Waals surface area (Å²) in [5.74, 6) is -0.163. The fourth-order valence-corrected chi connectivity index (χ4v) is 3.44. The highest BCUT2D eigenvalue weighted by molar-refractivity contribution is 5.85. The quantitative estimate of drug-likeness (QED) is 0.418. The molecule has 1 atom stereocenters. The first-order valence-corrected chi connectivity index (χ1v) is 10.3. The van der Waals surface area contributed by atoms with E-state index in [9.17, 15) is 8.78 Å². The predicted octanol–water partition coefficient (Wildman–Crippen LogP) is 3.30. The van der Waals surface area contributed by atoms with Crippen LogP contribution in [0.15, 0.2) is 42.7 Å². The summed E-state index contributed by atoms with van der Waals surface area (Å²) in [6, 6.07) is 6.44. The third-order valence-electron chi connectivity index (χ3n) is 5.16. The van der Waals surface area contributed by atoms with Gasteiger partial charge in [0.15, 0.2) is 11.5 Å². The number of nitrogens with zero attached hydrogens (tertiary/aromatic N) is 6. The highest BCUT2D eigenvalue weighted by Crippen LogP contribution is 2.31. The molecule has 4 rings (SSSR count). The molecule has 0 spiro atoms. The largest absolute Gasteiger partial charge is 0.383 e. The van der Waals surface area contributed by atoms with E-state index in [1.54, 1.807) is 43.1 Å². The standard InChI is InChI=1S/C22H24F2N8O/c1-13(15-6-5-14(23)11-16(15)24)27-18-12-17(28-22(29-18)31(2)9-10-33-3)19-20(25)30-32-8-4-7-26-21(19)32/h4-8,11-13H,9-10H2,1-3H3,(H2,25,30)(H,27,28,29)/t13-/m0/s1. The summed E-state index contributed by atoms with van der Waals surface area (Å²) >= 11 is 0. The van der Waals surface area contributed by atoms with Gasteiger partial charge in [-0.15, -0.1) is 5.10 Å². The van der Waals surface area contributed by atoms with Gasteiger partial charge in [-0.3, -0.25) is 0 Å². The topological polar surface area (TPSA) is 106 Å². The smallest absolute Gasteiger partial charge is 0.227 e. The van der Waals surface area contributed by atoms with Crippen molar-refractivity contribution in [2.75, 3.05) is 43.3 Å². The Kier molecular flexibility index (Phi) is 6.31. The fraction of sp³-hybridized carbons (Fsp3) is 0.273. The van der Waals surface area contributed by atoms with Crippen molar-refractivity contribution < 1.29 is 13.5 Å². The number of hydrogen-bond donors (Lipinski definition) is 2. The van der Waals surface area contributed by atoms with E-state index in [0.717, 1.165) is 6.07 Å². The molecule has 0 saturated carbocycles. The Labute approximate surface area is 189 Å². The van der Waals surface area contributed by atoms with Crippen molar-refractivity contribution in [1.29, 1.82) is 0 Å². The summed E-state index contributed by atoms with van der Waals surface area (Å²) in [5, 5.41) is 7.48. The monoisotopic (exact) mass is 454 g/mol. The molecule has 0 aliphatic carbocycles. The number of halogens is 2. The Morgan fingerprint density at radius 2 is 2.06 bits per heavy atom. The van der Waals surface area contributed by atoms with Crippen LogP contribution >= 0.6 is 0 Å². The molecule has 172 valence electrons. The van der Waals surface area contributed by atoms with Crippen LogP contribution in [-0.4, -0.2) is 51.9 Å². The first-order chi connectivity index (χ1) is 15.9. The molecule has 4 aromatic rings. The first kappa shape index (κ1) is 22.3. The van der Waals surface area contributed by atoms with Crippen LogP contribution in [0.5, 0.6) is 0 Å². The second-order valence-electron chi connectivity index (χ2n) is 7.53. The van der Waals surface area contributed by atoms with Crippen molar-refractivity contribution in [3.8, 4) is 11.3 Å². The van der Waals surface area contributed by atoms with Gasteiger partial charge in [-0.2, -0.15) is 4.98 Å². The van der Waals surface area contributed by atoms with Gasteiger partial charge in [-0.05, 0) is 19.1 Å². The third kappa shape index (κ3) is 4.67. The average molecular weight is 454 g/mol. The van der Waals surface area contributed by atoms with Gasteiger partial charge in [-0.1, -0.05) is 6.07 Å². The Bertz CT molecular complexity index is 1280. The minimum atomic E-state index is -0.641. The minimum Gasteiger partial charge on any atom is -0.383 e. The number of anilines is 3. The lowest BCUT2D eigenvalue weighted by Gasteiger charge is -2.20. The van der Waals surface area contributed by atoms with E-state index in [2.05, 4.69) is 25.4 Å². The number of rotatable bonds is 8. The Morgan fingerprint density at radius 3 is 2.82 bits per heavy atom. The molecule has 0 aliphatic rings.